The maximum absolute atomic E-state index is 13.7. The van der Waals surface area contributed by atoms with Crippen LogP contribution in [0, 0.1) is 11.3 Å². The molecule has 1 aromatic carbocycles. The van der Waals surface area contributed by atoms with E-state index < -0.39 is 62.1 Å². The van der Waals surface area contributed by atoms with Crippen LogP contribution in [0.25, 0.3) is 0 Å². The topological polar surface area (TPSA) is 190 Å². The van der Waals surface area contributed by atoms with Crippen molar-refractivity contribution in [3.63, 3.8) is 0 Å². The van der Waals surface area contributed by atoms with Gasteiger partial charge in [-0.15, -0.1) is 0 Å². The lowest BCUT2D eigenvalue weighted by molar-refractivity contribution is -0.149. The molecule has 206 valence electrons. The Kier molecular flexibility index (Phi) is 9.56. The van der Waals surface area contributed by atoms with Gasteiger partial charge in [0, 0.05) is 11.6 Å². The number of carbonyl (C=O) groups is 1. The fraction of sp³-hybridized carbons (Fsp3) is 0.435. The van der Waals surface area contributed by atoms with E-state index in [-0.39, 0.29) is 11.6 Å². The summed E-state index contributed by atoms with van der Waals surface area (Å²) < 4.78 is 36.9. The van der Waals surface area contributed by atoms with E-state index >= 15 is 0 Å². The number of benzene rings is 1. The van der Waals surface area contributed by atoms with E-state index in [1.54, 1.807) is 32.0 Å². The summed E-state index contributed by atoms with van der Waals surface area (Å²) in [5.74, 6) is 1.92. The first-order valence-corrected chi connectivity index (χ1v) is 13.4. The van der Waals surface area contributed by atoms with Gasteiger partial charge in [-0.05, 0) is 50.6 Å². The maximum Gasteiger partial charge on any atom is 0.459 e. The molecule has 15 heteroatoms. The first-order valence-electron chi connectivity index (χ1n) is 11.5. The number of nitrogen functional groups attached to an aromatic ring is 1. The number of nitrogens with one attached hydrogen (secondary N) is 1. The van der Waals surface area contributed by atoms with Gasteiger partial charge in [0.05, 0.1) is 12.7 Å². The van der Waals surface area contributed by atoms with Crippen LogP contribution in [0.1, 0.15) is 27.0 Å². The number of nitrogens with zero attached hydrogens (tertiary/aromatic N) is 2. The second-order valence-electron chi connectivity index (χ2n) is 8.70. The fourth-order valence-corrected chi connectivity index (χ4v) is 5.23. The van der Waals surface area contributed by atoms with E-state index in [0.29, 0.717) is 0 Å². The number of esters is 1. The molecule has 2 aromatic rings. The van der Waals surface area contributed by atoms with Crippen LogP contribution in [-0.4, -0.2) is 57.1 Å². The van der Waals surface area contributed by atoms with E-state index in [9.17, 15) is 19.3 Å². The molecule has 0 amide bonds. The molecule has 3 rings (SSSR count). The second-order valence-corrected chi connectivity index (χ2v) is 10.6. The molecular weight excluding hydrogens is 541 g/mol. The van der Waals surface area contributed by atoms with Crippen molar-refractivity contribution in [1.29, 1.82) is 0 Å². The van der Waals surface area contributed by atoms with Crippen molar-refractivity contribution in [3.8, 4) is 17.0 Å². The molecule has 1 saturated heterocycles. The Labute approximate surface area is 223 Å². The highest BCUT2D eigenvalue weighted by Crippen LogP contribution is 2.46. The first-order chi connectivity index (χ1) is 17.9. The summed E-state index contributed by atoms with van der Waals surface area (Å²) in [6, 6.07) is 8.33. The van der Waals surface area contributed by atoms with Gasteiger partial charge in [-0.25, -0.2) is 9.36 Å². The summed E-state index contributed by atoms with van der Waals surface area (Å²) in [5, 5.41) is 15.6. The molecule has 1 aromatic heterocycles. The molecule has 0 bridgehead atoms. The van der Waals surface area contributed by atoms with Crippen LogP contribution in [0.3, 0.4) is 0 Å². The van der Waals surface area contributed by atoms with Crippen LogP contribution in [-0.2, 0) is 23.4 Å². The zero-order valence-corrected chi connectivity index (χ0v) is 22.5. The third-order valence-electron chi connectivity index (χ3n) is 5.36. The van der Waals surface area contributed by atoms with Crippen molar-refractivity contribution in [2.45, 2.75) is 56.9 Å². The summed E-state index contributed by atoms with van der Waals surface area (Å²) in [6.07, 6.45) is -3.33. The SMILES string of the molecule is CC(C)OC(=O)[C@H](C)NP(=O)(OC[C@H]1O[C@@H](n2ccc(N)nc2=O)[C@@](N)(C#CCl)C1O)Oc1ccccc1. The lowest BCUT2D eigenvalue weighted by atomic mass is 9.92. The number of para-hydroxylation sites is 1. The van der Waals surface area contributed by atoms with Gasteiger partial charge in [0.15, 0.2) is 11.8 Å². The Morgan fingerprint density at radius 3 is 2.63 bits per heavy atom. The number of aliphatic hydroxyl groups excluding tert-OH is 1. The number of nitrogens with two attached hydrogens (primary N) is 2. The zero-order chi connectivity index (χ0) is 28.1. The molecule has 6 N–H and O–H groups in total. The minimum Gasteiger partial charge on any atom is -0.462 e. The molecule has 0 spiro atoms. The summed E-state index contributed by atoms with van der Waals surface area (Å²) in [6.45, 7) is 4.20. The predicted molar refractivity (Wildman–Crippen MR) is 138 cm³/mol. The van der Waals surface area contributed by atoms with Gasteiger partial charge in [-0.3, -0.25) is 13.9 Å². The number of ether oxygens (including phenoxy) is 2. The minimum absolute atomic E-state index is 0.0362. The summed E-state index contributed by atoms with van der Waals surface area (Å²) in [5.41, 5.74) is 9.19. The van der Waals surface area contributed by atoms with Crippen molar-refractivity contribution in [1.82, 2.24) is 14.6 Å². The average molecular weight is 570 g/mol. The summed E-state index contributed by atoms with van der Waals surface area (Å²) in [4.78, 5) is 28.4. The monoisotopic (exact) mass is 569 g/mol. The summed E-state index contributed by atoms with van der Waals surface area (Å²) in [7, 11) is -4.28. The molecule has 0 saturated carbocycles. The molecule has 2 unspecified atom stereocenters. The smallest absolute Gasteiger partial charge is 0.459 e. The molecule has 6 atom stereocenters. The van der Waals surface area contributed by atoms with Gasteiger partial charge in [-0.1, -0.05) is 24.1 Å². The molecule has 13 nitrogen and oxygen atoms in total. The number of hydrogen-bond donors (Lipinski definition) is 4. The first kappa shape index (κ1) is 29.6. The van der Waals surface area contributed by atoms with Crippen molar-refractivity contribution >= 4 is 31.1 Å². The zero-order valence-electron chi connectivity index (χ0n) is 20.8. The maximum atomic E-state index is 13.7. The Balaban J connectivity index is 1.86. The van der Waals surface area contributed by atoms with Gasteiger partial charge in [0.1, 0.15) is 29.8 Å². The normalized spacial score (nSPS) is 25.2. The largest absolute Gasteiger partial charge is 0.462 e. The van der Waals surface area contributed by atoms with Crippen molar-refractivity contribution < 1.29 is 33.0 Å². The molecule has 0 radical (unpaired) electrons. The Morgan fingerprint density at radius 2 is 2.03 bits per heavy atom. The van der Waals surface area contributed by atoms with Crippen LogP contribution < -0.4 is 26.8 Å². The number of carbonyl (C=O) groups excluding carboxylic acids is 1. The second kappa shape index (κ2) is 12.3. The van der Waals surface area contributed by atoms with Gasteiger partial charge in [0.2, 0.25) is 0 Å². The standard InChI is InChI=1S/C23H29ClN5O8P/c1-14(2)35-20(31)15(3)28-38(33,37-16-7-5-4-6-8-16)34-13-17-19(30)23(26,10-11-24)21(36-17)29-12-9-18(25)27-22(29)32/h4-9,12,14-15,17,19,21,30H,13,26H2,1-3H3,(H,28,33)(H2,25,27,32)/t15-,17+,19?,21+,23+,38?/m0/s1. The van der Waals surface area contributed by atoms with E-state index in [4.69, 9.17) is 41.6 Å². The molecule has 1 fully saturated rings. The van der Waals surface area contributed by atoms with Crippen molar-refractivity contribution in [2.24, 2.45) is 5.73 Å². The molecular formula is C23H29ClN5O8P. The van der Waals surface area contributed by atoms with Crippen LogP contribution in [0.2, 0.25) is 0 Å². The summed E-state index contributed by atoms with van der Waals surface area (Å²) >= 11 is 5.58. The number of aliphatic hydroxyl groups is 1. The van der Waals surface area contributed by atoms with Crippen LogP contribution in [0.5, 0.6) is 5.75 Å². The predicted octanol–water partition coefficient (Wildman–Crippen LogP) is 1.11. The van der Waals surface area contributed by atoms with Gasteiger partial charge < -0.3 is 30.6 Å². The van der Waals surface area contributed by atoms with Crippen LogP contribution in [0.15, 0.2) is 47.4 Å². The van der Waals surface area contributed by atoms with Crippen molar-refractivity contribution in [2.75, 3.05) is 12.3 Å². The number of hydrogen-bond acceptors (Lipinski definition) is 11. The van der Waals surface area contributed by atoms with E-state index in [0.717, 1.165) is 4.57 Å². The molecule has 1 aliphatic rings. The molecule has 0 aliphatic carbocycles. The van der Waals surface area contributed by atoms with E-state index in [1.165, 1.54) is 31.3 Å². The Hall–Kier alpha value is -2.95. The van der Waals surface area contributed by atoms with Gasteiger partial charge >= 0.3 is 19.4 Å². The van der Waals surface area contributed by atoms with Crippen molar-refractivity contribution in [3.05, 3.63) is 53.1 Å². The average Bonchev–Trinajstić information content (AvgIpc) is 3.08. The quantitative estimate of drug-likeness (QED) is 0.181. The minimum atomic E-state index is -4.28. The Bertz CT molecular complexity index is 1300. The third-order valence-corrected chi connectivity index (χ3v) is 7.09. The fourth-order valence-electron chi connectivity index (χ4n) is 3.56. The Morgan fingerprint density at radius 1 is 1.34 bits per heavy atom. The van der Waals surface area contributed by atoms with E-state index in [2.05, 4.69) is 21.4 Å². The molecule has 1 aliphatic heterocycles. The lowest BCUT2D eigenvalue weighted by Gasteiger charge is -2.27. The molecule has 38 heavy (non-hydrogen) atoms. The number of aromatic nitrogens is 2. The molecule has 2 heterocycles. The highest BCUT2D eigenvalue weighted by atomic mass is 35.5. The highest BCUT2D eigenvalue weighted by Gasteiger charge is 2.55. The van der Waals surface area contributed by atoms with Crippen LogP contribution >= 0.6 is 19.3 Å². The van der Waals surface area contributed by atoms with Crippen LogP contribution in [0.4, 0.5) is 5.82 Å². The third kappa shape index (κ3) is 6.92. The highest BCUT2D eigenvalue weighted by molar-refractivity contribution is 7.52. The lowest BCUT2D eigenvalue weighted by Crippen LogP contribution is -2.55. The van der Waals surface area contributed by atoms with Gasteiger partial charge in [-0.2, -0.15) is 10.1 Å². The van der Waals surface area contributed by atoms with Gasteiger partial charge in [0.25, 0.3) is 0 Å². The number of anilines is 1. The van der Waals surface area contributed by atoms with E-state index in [1.807, 2.05) is 0 Å². The number of rotatable bonds is 10. The number of halogens is 1.